The predicted octanol–water partition coefficient (Wildman–Crippen LogP) is 4.46. The summed E-state index contributed by atoms with van der Waals surface area (Å²) in [6, 6.07) is 7.99. The second kappa shape index (κ2) is 9.65. The number of aromatic nitrogens is 4. The lowest BCUT2D eigenvalue weighted by molar-refractivity contribution is 0.0795. The molecule has 3 aromatic rings. The molecule has 1 aliphatic rings. The van der Waals surface area contributed by atoms with E-state index in [4.69, 9.17) is 4.74 Å². The number of carbonyl (C=O) groups excluding carboxylic acids is 1. The molecule has 2 aromatic heterocycles. The second-order valence-corrected chi connectivity index (χ2v) is 8.78. The highest BCUT2D eigenvalue weighted by Gasteiger charge is 2.43. The zero-order valence-corrected chi connectivity index (χ0v) is 19.8. The molecule has 0 unspecified atom stereocenters. The standard InChI is InChI=1S/C26H31N5O2/c1-5-11-31(3)25(32)18-7-8-22(26(6-2)9-10-26)19(12-18)13-24-27-15-20(16-28-24)23-14-21(33-4)17-29-30-23/h7-8,12,14-17H,5-6,9-11,13H2,1-4H3. The quantitative estimate of drug-likeness (QED) is 0.484. The van der Waals surface area contributed by atoms with E-state index >= 15 is 0 Å². The second-order valence-electron chi connectivity index (χ2n) is 8.78. The summed E-state index contributed by atoms with van der Waals surface area (Å²) in [6.45, 7) is 5.06. The zero-order chi connectivity index (χ0) is 23.4. The Bertz CT molecular complexity index is 1130. The largest absolute Gasteiger partial charge is 0.495 e. The van der Waals surface area contributed by atoms with Crippen molar-refractivity contribution in [2.45, 2.75) is 51.4 Å². The average molecular weight is 446 g/mol. The van der Waals surface area contributed by atoms with E-state index in [-0.39, 0.29) is 11.3 Å². The van der Waals surface area contributed by atoms with Crippen molar-refractivity contribution in [3.05, 3.63) is 65.4 Å². The van der Waals surface area contributed by atoms with Crippen LogP contribution in [0, 0.1) is 0 Å². The van der Waals surface area contributed by atoms with E-state index in [1.54, 1.807) is 30.6 Å². The first-order valence-electron chi connectivity index (χ1n) is 11.6. The SMILES string of the molecule is CCCN(C)C(=O)c1ccc(C2(CC)CC2)c(Cc2ncc(-c3cc(OC)cnn3)cn2)c1. The molecular formula is C26H31N5O2. The van der Waals surface area contributed by atoms with Crippen LogP contribution in [0.1, 0.15) is 66.8 Å². The maximum Gasteiger partial charge on any atom is 0.253 e. The molecule has 1 amide bonds. The van der Waals surface area contributed by atoms with Crippen molar-refractivity contribution < 1.29 is 9.53 Å². The summed E-state index contributed by atoms with van der Waals surface area (Å²) in [5.74, 6) is 1.41. The Kier molecular flexibility index (Phi) is 6.67. The Labute approximate surface area is 195 Å². The zero-order valence-electron chi connectivity index (χ0n) is 19.8. The number of carbonyl (C=O) groups is 1. The van der Waals surface area contributed by atoms with Gasteiger partial charge in [-0.2, -0.15) is 10.2 Å². The molecule has 0 radical (unpaired) electrons. The minimum atomic E-state index is 0.0545. The summed E-state index contributed by atoms with van der Waals surface area (Å²) in [7, 11) is 3.46. The molecule has 0 bridgehead atoms. The molecule has 1 fully saturated rings. The molecule has 33 heavy (non-hydrogen) atoms. The number of rotatable bonds is 9. The Morgan fingerprint density at radius 2 is 1.88 bits per heavy atom. The van der Waals surface area contributed by atoms with Crippen molar-refractivity contribution in [3.8, 4) is 17.0 Å². The Hall–Kier alpha value is -3.35. The Morgan fingerprint density at radius 1 is 1.12 bits per heavy atom. The van der Waals surface area contributed by atoms with E-state index in [1.807, 2.05) is 25.2 Å². The molecule has 172 valence electrons. The third-order valence-corrected chi connectivity index (χ3v) is 6.57. The molecule has 4 rings (SSSR count). The van der Waals surface area contributed by atoms with Gasteiger partial charge >= 0.3 is 0 Å². The van der Waals surface area contributed by atoms with Crippen LogP contribution < -0.4 is 4.74 Å². The highest BCUT2D eigenvalue weighted by atomic mass is 16.5. The number of amides is 1. The van der Waals surface area contributed by atoms with Crippen LogP contribution in [-0.4, -0.2) is 51.7 Å². The fourth-order valence-electron chi connectivity index (χ4n) is 4.36. The lowest BCUT2D eigenvalue weighted by Crippen LogP contribution is -2.27. The van der Waals surface area contributed by atoms with Gasteiger partial charge in [0, 0.05) is 49.6 Å². The maximum absolute atomic E-state index is 12.9. The summed E-state index contributed by atoms with van der Waals surface area (Å²) in [5, 5.41) is 8.11. The van der Waals surface area contributed by atoms with Crippen LogP contribution in [-0.2, 0) is 11.8 Å². The van der Waals surface area contributed by atoms with Gasteiger partial charge in [-0.15, -0.1) is 0 Å². The number of hydrogen-bond acceptors (Lipinski definition) is 6. The van der Waals surface area contributed by atoms with Gasteiger partial charge < -0.3 is 9.64 Å². The third-order valence-electron chi connectivity index (χ3n) is 6.57. The van der Waals surface area contributed by atoms with E-state index in [1.165, 1.54) is 18.4 Å². The van der Waals surface area contributed by atoms with Gasteiger partial charge in [-0.3, -0.25) is 4.79 Å². The van der Waals surface area contributed by atoms with Crippen LogP contribution in [0.4, 0.5) is 0 Å². The Morgan fingerprint density at radius 3 is 2.52 bits per heavy atom. The highest BCUT2D eigenvalue weighted by Crippen LogP contribution is 2.52. The lowest BCUT2D eigenvalue weighted by Gasteiger charge is -2.21. The fraction of sp³-hybridized carbons (Fsp3) is 0.423. The van der Waals surface area contributed by atoms with Gasteiger partial charge in [0.2, 0.25) is 0 Å². The molecule has 2 heterocycles. The minimum Gasteiger partial charge on any atom is -0.495 e. The number of benzene rings is 1. The molecule has 1 aliphatic carbocycles. The van der Waals surface area contributed by atoms with Crippen LogP contribution in [0.3, 0.4) is 0 Å². The fourth-order valence-corrected chi connectivity index (χ4v) is 4.36. The third kappa shape index (κ3) is 4.87. The van der Waals surface area contributed by atoms with E-state index in [0.717, 1.165) is 36.1 Å². The molecule has 0 atom stereocenters. The first kappa shape index (κ1) is 22.8. The lowest BCUT2D eigenvalue weighted by atomic mass is 9.86. The minimum absolute atomic E-state index is 0.0545. The van der Waals surface area contributed by atoms with E-state index in [0.29, 0.717) is 23.7 Å². The maximum atomic E-state index is 12.9. The number of ether oxygens (including phenoxy) is 1. The smallest absolute Gasteiger partial charge is 0.253 e. The number of nitrogens with zero attached hydrogens (tertiary/aromatic N) is 5. The van der Waals surface area contributed by atoms with Crippen molar-refractivity contribution >= 4 is 5.91 Å². The van der Waals surface area contributed by atoms with Crippen LogP contribution in [0.25, 0.3) is 11.3 Å². The van der Waals surface area contributed by atoms with Crippen LogP contribution in [0.15, 0.2) is 42.9 Å². The molecule has 7 heteroatoms. The van der Waals surface area contributed by atoms with E-state index in [9.17, 15) is 4.79 Å². The molecule has 0 spiro atoms. The average Bonchev–Trinajstić information content (AvgIpc) is 3.65. The molecule has 7 nitrogen and oxygen atoms in total. The van der Waals surface area contributed by atoms with Crippen molar-refractivity contribution in [1.82, 2.24) is 25.1 Å². The monoisotopic (exact) mass is 445 g/mol. The van der Waals surface area contributed by atoms with Crippen LogP contribution in [0.5, 0.6) is 5.75 Å². The van der Waals surface area contributed by atoms with Gasteiger partial charge in [0.15, 0.2) is 0 Å². The summed E-state index contributed by atoms with van der Waals surface area (Å²) in [5.41, 5.74) is 4.85. The first-order chi connectivity index (χ1) is 16.0. The topological polar surface area (TPSA) is 81.1 Å². The van der Waals surface area contributed by atoms with Gasteiger partial charge in [-0.05, 0) is 54.4 Å². The molecule has 1 aromatic carbocycles. The summed E-state index contributed by atoms with van der Waals surface area (Å²) in [4.78, 5) is 23.9. The summed E-state index contributed by atoms with van der Waals surface area (Å²) < 4.78 is 5.23. The Balaban J connectivity index is 1.63. The van der Waals surface area contributed by atoms with Crippen molar-refractivity contribution in [3.63, 3.8) is 0 Å². The van der Waals surface area contributed by atoms with Gasteiger partial charge in [0.1, 0.15) is 11.6 Å². The normalized spacial score (nSPS) is 14.1. The summed E-state index contributed by atoms with van der Waals surface area (Å²) in [6.07, 6.45) is 10.1. The van der Waals surface area contributed by atoms with Crippen molar-refractivity contribution in [1.29, 1.82) is 0 Å². The summed E-state index contributed by atoms with van der Waals surface area (Å²) >= 11 is 0. The molecule has 0 saturated heterocycles. The van der Waals surface area contributed by atoms with Gasteiger partial charge in [0.25, 0.3) is 5.91 Å². The van der Waals surface area contributed by atoms with Crippen molar-refractivity contribution in [2.24, 2.45) is 0 Å². The van der Waals surface area contributed by atoms with Crippen LogP contribution >= 0.6 is 0 Å². The highest BCUT2D eigenvalue weighted by molar-refractivity contribution is 5.94. The molecule has 0 N–H and O–H groups in total. The van der Waals surface area contributed by atoms with Crippen LogP contribution in [0.2, 0.25) is 0 Å². The van der Waals surface area contributed by atoms with E-state index in [2.05, 4.69) is 40.1 Å². The molecular weight excluding hydrogens is 414 g/mol. The van der Waals surface area contributed by atoms with E-state index < -0.39 is 0 Å². The molecule has 0 aliphatic heterocycles. The number of hydrogen-bond donors (Lipinski definition) is 0. The van der Waals surface area contributed by atoms with Gasteiger partial charge in [-0.25, -0.2) is 9.97 Å². The molecule has 1 saturated carbocycles. The van der Waals surface area contributed by atoms with Gasteiger partial charge in [0.05, 0.1) is 19.0 Å². The van der Waals surface area contributed by atoms with Gasteiger partial charge in [-0.1, -0.05) is 19.9 Å². The predicted molar refractivity (Wildman–Crippen MR) is 127 cm³/mol. The number of methoxy groups -OCH3 is 1. The van der Waals surface area contributed by atoms with Crippen molar-refractivity contribution in [2.75, 3.05) is 20.7 Å². The first-order valence-corrected chi connectivity index (χ1v) is 11.6.